The maximum Gasteiger partial charge on any atom is 0.217 e. The Morgan fingerprint density at radius 1 is 1.16 bits per heavy atom. The first-order chi connectivity index (χ1) is 21.5. The lowest BCUT2D eigenvalue weighted by molar-refractivity contribution is 0.110. The van der Waals surface area contributed by atoms with E-state index in [9.17, 15) is 12.8 Å². The van der Waals surface area contributed by atoms with E-state index in [2.05, 4.69) is 14.8 Å². The van der Waals surface area contributed by atoms with Crippen molar-refractivity contribution >= 4 is 26.4 Å². The van der Waals surface area contributed by atoms with Crippen molar-refractivity contribution in [2.75, 3.05) is 50.3 Å². The number of anilines is 1. The van der Waals surface area contributed by atoms with Crippen LogP contribution in [0, 0.1) is 12.8 Å². The van der Waals surface area contributed by atoms with Crippen LogP contribution in [0.4, 0.5) is 10.1 Å². The van der Waals surface area contributed by atoms with Gasteiger partial charge in [0.15, 0.2) is 5.82 Å². The van der Waals surface area contributed by atoms with Crippen molar-refractivity contribution in [1.82, 2.24) is 29.6 Å². The number of rotatable bonds is 9. The van der Waals surface area contributed by atoms with Crippen molar-refractivity contribution < 1.29 is 22.3 Å². The number of halogens is 1. The minimum absolute atomic E-state index is 0.0133. The van der Waals surface area contributed by atoms with Gasteiger partial charge in [-0.15, -0.1) is 0 Å². The molecule has 7 heterocycles. The van der Waals surface area contributed by atoms with Gasteiger partial charge in [0.2, 0.25) is 5.88 Å². The highest BCUT2D eigenvalue weighted by atomic mass is 32.2. The van der Waals surface area contributed by atoms with Crippen LogP contribution < -0.4 is 14.4 Å². The summed E-state index contributed by atoms with van der Waals surface area (Å²) in [4.78, 5) is 18.4. The van der Waals surface area contributed by atoms with Crippen LogP contribution in [0.25, 0.3) is 28.0 Å². The van der Waals surface area contributed by atoms with Gasteiger partial charge in [0, 0.05) is 79.0 Å². The first kappa shape index (κ1) is 29.8. The van der Waals surface area contributed by atoms with Gasteiger partial charge in [-0.05, 0) is 45.4 Å². The van der Waals surface area contributed by atoms with Crippen LogP contribution in [-0.4, -0.2) is 101 Å². The molecule has 3 aliphatic rings. The molecule has 4 aromatic rings. The van der Waals surface area contributed by atoms with Gasteiger partial charge in [-0.25, -0.2) is 17.5 Å². The summed E-state index contributed by atoms with van der Waals surface area (Å²) >= 11 is 0. The number of hydrogen-bond donors (Lipinski definition) is 0. The van der Waals surface area contributed by atoms with Crippen molar-refractivity contribution in [3.63, 3.8) is 0 Å². The van der Waals surface area contributed by atoms with Crippen LogP contribution in [0.3, 0.4) is 0 Å². The molecule has 13 heteroatoms. The van der Waals surface area contributed by atoms with Crippen LogP contribution in [0.15, 0.2) is 42.9 Å². The predicted molar refractivity (Wildman–Crippen MR) is 170 cm³/mol. The minimum atomic E-state index is -3.10. The lowest BCUT2D eigenvalue weighted by Crippen LogP contribution is -2.57. The fraction of sp³-hybridized carbons (Fsp3) is 0.500. The van der Waals surface area contributed by atoms with Crippen molar-refractivity contribution in [2.24, 2.45) is 5.92 Å². The largest absolute Gasteiger partial charge is 0.496 e. The van der Waals surface area contributed by atoms with E-state index in [4.69, 9.17) is 24.5 Å². The zero-order valence-corrected chi connectivity index (χ0v) is 26.8. The zero-order chi connectivity index (χ0) is 31.5. The quantitative estimate of drug-likeness (QED) is 0.267. The Hall–Kier alpha value is -3.84. The molecule has 7 rings (SSSR count). The SMILES string of the molecule is COc1ccncc1-c1cc2c(cnn2-c2cc(N3C[C@H](CS(C)(=O)=O)[C@H]3C)cc(OC[C@@]34CCCN3C[C@H](F)C4)n2)c(C)n1. The van der Waals surface area contributed by atoms with Crippen molar-refractivity contribution in [2.45, 2.75) is 50.9 Å². The zero-order valence-electron chi connectivity index (χ0n) is 26.0. The van der Waals surface area contributed by atoms with Crippen molar-refractivity contribution in [3.8, 4) is 28.7 Å². The third-order valence-corrected chi connectivity index (χ3v) is 10.8. The Bertz CT molecular complexity index is 1870. The number of aryl methyl sites for hydroxylation is 1. The summed E-state index contributed by atoms with van der Waals surface area (Å²) < 4.78 is 52.3. The molecule has 0 radical (unpaired) electrons. The maximum absolute atomic E-state index is 14.5. The third-order valence-electron chi connectivity index (χ3n) is 9.73. The highest BCUT2D eigenvalue weighted by Crippen LogP contribution is 2.41. The van der Waals surface area contributed by atoms with Gasteiger partial charge in [-0.1, -0.05) is 0 Å². The molecule has 0 amide bonds. The summed E-state index contributed by atoms with van der Waals surface area (Å²) in [6, 6.07) is 7.62. The monoisotopic (exact) mass is 635 g/mol. The number of pyridine rings is 3. The normalized spacial score (nSPS) is 25.0. The summed E-state index contributed by atoms with van der Waals surface area (Å²) in [5.41, 5.74) is 3.61. The van der Waals surface area contributed by atoms with Gasteiger partial charge < -0.3 is 14.4 Å². The fourth-order valence-electron chi connectivity index (χ4n) is 7.34. The molecule has 4 atom stereocenters. The second-order valence-corrected chi connectivity index (χ2v) is 15.0. The van der Waals surface area contributed by atoms with E-state index in [1.807, 2.05) is 32.0 Å². The number of alkyl halides is 1. The Morgan fingerprint density at radius 3 is 2.78 bits per heavy atom. The molecule has 0 aromatic carbocycles. The molecule has 238 valence electrons. The van der Waals surface area contributed by atoms with Gasteiger partial charge in [0.1, 0.15) is 28.4 Å². The molecule has 0 saturated carbocycles. The van der Waals surface area contributed by atoms with Gasteiger partial charge in [0.05, 0.1) is 41.4 Å². The first-order valence-electron chi connectivity index (χ1n) is 15.4. The van der Waals surface area contributed by atoms with E-state index in [0.717, 1.165) is 47.2 Å². The van der Waals surface area contributed by atoms with E-state index in [-0.39, 0.29) is 23.3 Å². The maximum atomic E-state index is 14.5. The summed E-state index contributed by atoms with van der Waals surface area (Å²) in [5.74, 6) is 1.82. The molecule has 3 aliphatic heterocycles. The molecule has 0 N–H and O–H groups in total. The highest BCUT2D eigenvalue weighted by Gasteiger charge is 2.49. The molecule has 4 aromatic heterocycles. The Labute approximate surface area is 262 Å². The smallest absolute Gasteiger partial charge is 0.217 e. The number of fused-ring (bicyclic) bond motifs is 2. The minimum Gasteiger partial charge on any atom is -0.496 e. The molecule has 45 heavy (non-hydrogen) atoms. The van der Waals surface area contributed by atoms with E-state index >= 15 is 0 Å². The van der Waals surface area contributed by atoms with Crippen LogP contribution in [0.2, 0.25) is 0 Å². The first-order valence-corrected chi connectivity index (χ1v) is 17.4. The Morgan fingerprint density at radius 2 is 2.00 bits per heavy atom. The van der Waals surface area contributed by atoms with Gasteiger partial charge in [-0.3, -0.25) is 14.9 Å². The van der Waals surface area contributed by atoms with Crippen LogP contribution in [0.1, 0.15) is 31.9 Å². The average molecular weight is 636 g/mol. The lowest BCUT2D eigenvalue weighted by atomic mass is 9.91. The topological polar surface area (TPSA) is 116 Å². The molecule has 0 spiro atoms. The van der Waals surface area contributed by atoms with E-state index < -0.39 is 16.0 Å². The fourth-order valence-corrected chi connectivity index (χ4v) is 8.50. The van der Waals surface area contributed by atoms with Gasteiger partial charge in [0.25, 0.3) is 0 Å². The average Bonchev–Trinajstić information content (AvgIpc) is 3.69. The van der Waals surface area contributed by atoms with Gasteiger partial charge >= 0.3 is 0 Å². The molecule has 0 aliphatic carbocycles. The summed E-state index contributed by atoms with van der Waals surface area (Å²) in [6.45, 7) is 6.27. The summed E-state index contributed by atoms with van der Waals surface area (Å²) in [5, 5.41) is 5.60. The van der Waals surface area contributed by atoms with E-state index in [0.29, 0.717) is 49.3 Å². The number of aromatic nitrogens is 5. The second-order valence-electron chi connectivity index (χ2n) is 12.8. The van der Waals surface area contributed by atoms with Crippen LogP contribution in [-0.2, 0) is 9.84 Å². The van der Waals surface area contributed by atoms with Crippen LogP contribution in [0.5, 0.6) is 11.6 Å². The highest BCUT2D eigenvalue weighted by molar-refractivity contribution is 7.90. The van der Waals surface area contributed by atoms with E-state index in [1.165, 1.54) is 6.26 Å². The van der Waals surface area contributed by atoms with Crippen LogP contribution >= 0.6 is 0 Å². The molecular formula is C32H38FN7O4S. The number of sulfone groups is 1. The number of nitrogens with zero attached hydrogens (tertiary/aromatic N) is 7. The summed E-state index contributed by atoms with van der Waals surface area (Å²) in [7, 11) is -1.48. The lowest BCUT2D eigenvalue weighted by Gasteiger charge is -2.48. The molecule has 11 nitrogen and oxygen atoms in total. The Balaban J connectivity index is 1.28. The Kier molecular flexibility index (Phi) is 7.43. The second kappa shape index (κ2) is 11.2. The number of methoxy groups -OCH3 is 1. The molecule has 3 saturated heterocycles. The number of hydrogen-bond acceptors (Lipinski definition) is 10. The summed E-state index contributed by atoms with van der Waals surface area (Å²) in [6.07, 6.45) is 8.00. The van der Waals surface area contributed by atoms with E-state index in [1.54, 1.807) is 36.4 Å². The molecule has 0 unspecified atom stereocenters. The number of ether oxygens (including phenoxy) is 2. The third kappa shape index (κ3) is 5.50. The van der Waals surface area contributed by atoms with Crippen molar-refractivity contribution in [1.29, 1.82) is 0 Å². The molecular weight excluding hydrogens is 597 g/mol. The van der Waals surface area contributed by atoms with Gasteiger partial charge in [-0.2, -0.15) is 10.1 Å². The standard InChI is InChI=1S/C32H38FN7O4S/c1-20-25-15-35-40(28(25)12-27(36-20)26-14-34-8-6-29(26)43-3)30-10-24(39-16-22(21(39)2)18-45(4,41)42)11-31(37-30)44-19-32-7-5-9-38(32)17-23(33)13-32/h6,8,10-12,14-15,21-23H,5,7,9,13,16-19H2,1-4H3/t21-,22-,23-,32+/m1/s1. The molecule has 0 bridgehead atoms. The molecule has 3 fully saturated rings. The van der Waals surface area contributed by atoms with Crippen molar-refractivity contribution in [3.05, 3.63) is 48.5 Å². The predicted octanol–water partition coefficient (Wildman–Crippen LogP) is 4.02.